The average Bonchev–Trinajstić information content (AvgIpc) is 3.28. The lowest BCUT2D eigenvalue weighted by molar-refractivity contribution is -0.140. The second-order valence-corrected chi connectivity index (χ2v) is 19.8. The van der Waals surface area contributed by atoms with Crippen LogP contribution in [0, 0.1) is 0 Å². The summed E-state index contributed by atoms with van der Waals surface area (Å²) in [5.74, 6) is 0.538. The molecule has 62 heavy (non-hydrogen) atoms. The zero-order chi connectivity index (χ0) is 45.0. The molecular weight excluding hydrogens is 763 g/mol. The van der Waals surface area contributed by atoms with Crippen LogP contribution < -0.4 is 0 Å². The van der Waals surface area contributed by atoms with Gasteiger partial charge in [-0.3, -0.25) is 19.4 Å². The topological polar surface area (TPSA) is 50.3 Å². The van der Waals surface area contributed by atoms with Crippen LogP contribution in [-0.2, 0) is 9.59 Å². The predicted molar refractivity (Wildman–Crippen MR) is 272 cm³/mol. The van der Waals surface area contributed by atoms with E-state index in [2.05, 4.69) is 59.1 Å². The van der Waals surface area contributed by atoms with Crippen molar-refractivity contribution in [2.75, 3.05) is 85.1 Å². The van der Waals surface area contributed by atoms with Crippen molar-refractivity contribution in [2.45, 2.75) is 259 Å². The molecule has 0 aromatic rings. The molecule has 7 heteroatoms. The first-order chi connectivity index (χ1) is 30.5. The van der Waals surface area contributed by atoms with Gasteiger partial charge in [-0.1, -0.05) is 227 Å². The fourth-order valence-electron chi connectivity index (χ4n) is 9.41. The number of hydrogen-bond donors (Lipinski definition) is 0. The monoisotopic (exact) mass is 874 g/mol. The number of rotatable bonds is 47. The number of hydrogen-bond acceptors (Lipinski definition) is 5. The Morgan fingerprint density at radius 2 is 0.468 bits per heavy atom. The van der Waals surface area contributed by atoms with E-state index >= 15 is 0 Å². The largest absolute Gasteiger partial charge is 0.338 e. The Kier molecular flexibility index (Phi) is 42.7. The predicted octanol–water partition coefficient (Wildman–Crippen LogP) is 14.3. The van der Waals surface area contributed by atoms with E-state index in [1.165, 1.54) is 238 Å². The van der Waals surface area contributed by atoms with E-state index in [1.807, 2.05) is 0 Å². The van der Waals surface area contributed by atoms with Gasteiger partial charge in [-0.15, -0.1) is 0 Å². The minimum absolute atomic E-state index is 0.269. The van der Waals surface area contributed by atoms with E-state index in [9.17, 15) is 9.59 Å². The molecule has 0 bridgehead atoms. The van der Waals surface area contributed by atoms with Crippen LogP contribution in [0.2, 0.25) is 0 Å². The lowest BCUT2D eigenvalue weighted by Gasteiger charge is -2.37. The van der Waals surface area contributed by atoms with Crippen molar-refractivity contribution in [3.05, 3.63) is 0 Å². The van der Waals surface area contributed by atoms with Crippen molar-refractivity contribution in [1.29, 1.82) is 0 Å². The van der Waals surface area contributed by atoms with Crippen molar-refractivity contribution in [1.82, 2.24) is 24.5 Å². The van der Waals surface area contributed by atoms with E-state index < -0.39 is 0 Å². The average molecular weight is 875 g/mol. The highest BCUT2D eigenvalue weighted by atomic mass is 16.2. The molecule has 0 aliphatic carbocycles. The molecule has 0 radical (unpaired) electrons. The van der Waals surface area contributed by atoms with Gasteiger partial charge in [-0.05, 0) is 64.8 Å². The number of nitrogens with zero attached hydrogens (tertiary/aromatic N) is 5. The minimum atomic E-state index is 0.269. The lowest BCUT2D eigenvalue weighted by Crippen LogP contribution is -2.54. The molecule has 0 aromatic carbocycles. The van der Waals surface area contributed by atoms with Gasteiger partial charge in [-0.25, -0.2) is 0 Å². The van der Waals surface area contributed by atoms with Crippen LogP contribution in [0.1, 0.15) is 259 Å². The summed E-state index contributed by atoms with van der Waals surface area (Å²) in [4.78, 5) is 39.5. The highest BCUT2D eigenvalue weighted by Gasteiger charge is 2.26. The molecule has 0 spiro atoms. The van der Waals surface area contributed by atoms with Crippen molar-refractivity contribution >= 4 is 11.8 Å². The highest BCUT2D eigenvalue weighted by Crippen LogP contribution is 2.15. The first-order valence-electron chi connectivity index (χ1n) is 28.2. The highest BCUT2D eigenvalue weighted by molar-refractivity contribution is 5.80. The Bertz CT molecular complexity index is 920. The zero-order valence-corrected chi connectivity index (χ0v) is 43.0. The summed E-state index contributed by atoms with van der Waals surface area (Å²) in [5.41, 5.74) is 0. The number of piperazine rings is 1. The summed E-state index contributed by atoms with van der Waals surface area (Å²) in [6.45, 7) is 22.8. The molecule has 0 aromatic heterocycles. The zero-order valence-electron chi connectivity index (χ0n) is 43.0. The van der Waals surface area contributed by atoms with Gasteiger partial charge in [0.25, 0.3) is 0 Å². The van der Waals surface area contributed by atoms with Crippen LogP contribution in [0.3, 0.4) is 0 Å². The number of unbranched alkanes of at least 4 members (excludes halogenated alkanes) is 30. The Balaban J connectivity index is 2.77. The van der Waals surface area contributed by atoms with Gasteiger partial charge in [0.05, 0.1) is 13.1 Å². The third-order valence-electron chi connectivity index (χ3n) is 13.8. The Morgan fingerprint density at radius 1 is 0.274 bits per heavy atom. The summed E-state index contributed by atoms with van der Waals surface area (Å²) in [6, 6.07) is 0. The maximum absolute atomic E-state index is 14.0. The van der Waals surface area contributed by atoms with Crippen LogP contribution >= 0.6 is 0 Å². The van der Waals surface area contributed by atoms with E-state index in [-0.39, 0.29) is 11.8 Å². The van der Waals surface area contributed by atoms with Crippen LogP contribution in [0.25, 0.3) is 0 Å². The minimum Gasteiger partial charge on any atom is -0.338 e. The normalized spacial score (nSPS) is 13.4. The van der Waals surface area contributed by atoms with E-state index in [0.717, 1.165) is 32.7 Å². The fraction of sp³-hybridized carbons (Fsp3) is 0.964. The summed E-state index contributed by atoms with van der Waals surface area (Å²) < 4.78 is 0. The molecule has 1 aliphatic rings. The molecule has 1 saturated heterocycles. The molecule has 1 aliphatic heterocycles. The number of carbonyl (C=O) groups is 2. The van der Waals surface area contributed by atoms with Gasteiger partial charge < -0.3 is 14.7 Å². The van der Waals surface area contributed by atoms with Crippen molar-refractivity contribution in [2.24, 2.45) is 0 Å². The van der Waals surface area contributed by atoms with E-state index in [4.69, 9.17) is 0 Å². The number of amides is 2. The molecular formula is C55H111N5O2. The molecule has 2 amide bonds. The van der Waals surface area contributed by atoms with E-state index in [0.29, 0.717) is 39.3 Å². The first-order valence-corrected chi connectivity index (χ1v) is 28.2. The standard InChI is InChI=1S/C55H111N5O2/c1-6-11-16-21-26-31-36-41-56(42-37-32-27-22-17-12-7-2)46-47-58(45-40-35-30-25-20-15-10-5)53-55(62)60-50-48-59(49-51-60)54(61)52-57(43-38-33-28-23-18-13-8-3)44-39-34-29-24-19-14-9-4/h6-53H2,1-5H3. The van der Waals surface area contributed by atoms with Crippen LogP contribution in [0.4, 0.5) is 0 Å². The van der Waals surface area contributed by atoms with Crippen molar-refractivity contribution in [3.8, 4) is 0 Å². The van der Waals surface area contributed by atoms with Gasteiger partial charge in [-0.2, -0.15) is 0 Å². The fourth-order valence-corrected chi connectivity index (χ4v) is 9.41. The first kappa shape index (κ1) is 58.8. The van der Waals surface area contributed by atoms with Crippen molar-refractivity contribution < 1.29 is 9.59 Å². The molecule has 368 valence electrons. The second kappa shape index (κ2) is 45.0. The summed E-state index contributed by atoms with van der Waals surface area (Å²) >= 11 is 0. The van der Waals surface area contributed by atoms with Gasteiger partial charge in [0.15, 0.2) is 0 Å². The molecule has 1 fully saturated rings. The molecule has 0 saturated carbocycles. The Labute approximate surface area is 389 Å². The van der Waals surface area contributed by atoms with Crippen LogP contribution in [0.15, 0.2) is 0 Å². The summed E-state index contributed by atoms with van der Waals surface area (Å²) in [7, 11) is 0. The SMILES string of the molecule is CCCCCCCCCN(CCCCCCCCC)CCN(CCCCCCCCC)CC(=O)N1CCN(C(=O)CN(CCCCCCCCC)CCCCCCCCC)CC1. The molecule has 1 rings (SSSR count). The van der Waals surface area contributed by atoms with Gasteiger partial charge in [0.1, 0.15) is 0 Å². The van der Waals surface area contributed by atoms with Crippen LogP contribution in [-0.4, -0.2) is 121 Å². The lowest BCUT2D eigenvalue weighted by atomic mass is 10.1. The van der Waals surface area contributed by atoms with Crippen LogP contribution in [0.5, 0.6) is 0 Å². The maximum Gasteiger partial charge on any atom is 0.236 e. The Hall–Kier alpha value is -1.18. The molecule has 1 heterocycles. The van der Waals surface area contributed by atoms with Crippen molar-refractivity contribution in [3.63, 3.8) is 0 Å². The smallest absolute Gasteiger partial charge is 0.236 e. The van der Waals surface area contributed by atoms with E-state index in [1.54, 1.807) is 0 Å². The molecule has 0 N–H and O–H groups in total. The molecule has 0 atom stereocenters. The van der Waals surface area contributed by atoms with Gasteiger partial charge >= 0.3 is 0 Å². The summed E-state index contributed by atoms with van der Waals surface area (Å²) in [6.07, 6.45) is 46.4. The van der Waals surface area contributed by atoms with Gasteiger partial charge in [0, 0.05) is 39.3 Å². The summed E-state index contributed by atoms with van der Waals surface area (Å²) in [5, 5.41) is 0. The number of carbonyl (C=O) groups excluding carboxylic acids is 2. The second-order valence-electron chi connectivity index (χ2n) is 19.8. The quantitative estimate of drug-likeness (QED) is 0.0570. The third-order valence-corrected chi connectivity index (χ3v) is 13.8. The molecule has 7 nitrogen and oxygen atoms in total. The maximum atomic E-state index is 14.0. The van der Waals surface area contributed by atoms with Gasteiger partial charge in [0.2, 0.25) is 11.8 Å². The Morgan fingerprint density at radius 3 is 0.726 bits per heavy atom. The third kappa shape index (κ3) is 35.1. The molecule has 0 unspecified atom stereocenters.